The van der Waals surface area contributed by atoms with E-state index in [4.69, 9.17) is 4.74 Å². The van der Waals surface area contributed by atoms with Crippen molar-refractivity contribution in [2.24, 2.45) is 0 Å². The fraction of sp³-hybridized carbons (Fsp3) is 0.190. The Morgan fingerprint density at radius 3 is 2.58 bits per heavy atom. The van der Waals surface area contributed by atoms with Gasteiger partial charge in [-0.05, 0) is 37.3 Å². The number of hydrogen-bond donors (Lipinski definition) is 2. The van der Waals surface area contributed by atoms with Crippen molar-refractivity contribution in [3.05, 3.63) is 71.5 Å². The topological polar surface area (TPSA) is 85.2 Å². The van der Waals surface area contributed by atoms with Crippen LogP contribution >= 0.6 is 0 Å². The first-order valence-corrected chi connectivity index (χ1v) is 9.16. The molecule has 0 bridgehead atoms. The standard InChI is InChI=1S/C21H19F3N4O3/c1-13-18(11-26-28(13)16-7-3-5-14(9-16)21(22,23)24)20(30)27-15-6-4-8-17(10-15)31-12-19(29)25-2/h3-11H,12H2,1-2H3,(H,25,29)(H,27,30). The Bertz CT molecular complexity index is 1110. The number of carbonyl (C=O) groups is 2. The average Bonchev–Trinajstić information content (AvgIpc) is 3.13. The number of anilines is 1. The molecule has 1 heterocycles. The van der Waals surface area contributed by atoms with Crippen LogP contribution in [0.3, 0.4) is 0 Å². The van der Waals surface area contributed by atoms with Crippen molar-refractivity contribution < 1.29 is 27.5 Å². The molecule has 0 unspecified atom stereocenters. The molecule has 2 N–H and O–H groups in total. The highest BCUT2D eigenvalue weighted by Gasteiger charge is 2.30. The third kappa shape index (κ3) is 5.21. The average molecular weight is 432 g/mol. The van der Waals surface area contributed by atoms with Crippen LogP contribution in [0.5, 0.6) is 5.75 Å². The van der Waals surface area contributed by atoms with Crippen molar-refractivity contribution in [2.75, 3.05) is 19.0 Å². The van der Waals surface area contributed by atoms with E-state index in [9.17, 15) is 22.8 Å². The van der Waals surface area contributed by atoms with E-state index >= 15 is 0 Å². The summed E-state index contributed by atoms with van der Waals surface area (Å²) in [4.78, 5) is 24.0. The van der Waals surface area contributed by atoms with Crippen LogP contribution in [-0.2, 0) is 11.0 Å². The van der Waals surface area contributed by atoms with Crippen molar-refractivity contribution in [3.8, 4) is 11.4 Å². The molecule has 10 heteroatoms. The van der Waals surface area contributed by atoms with Crippen molar-refractivity contribution >= 4 is 17.5 Å². The third-order valence-electron chi connectivity index (χ3n) is 4.41. The van der Waals surface area contributed by atoms with E-state index in [1.54, 1.807) is 31.2 Å². The summed E-state index contributed by atoms with van der Waals surface area (Å²) >= 11 is 0. The Labute approximate surface area is 175 Å². The van der Waals surface area contributed by atoms with E-state index in [0.717, 1.165) is 12.1 Å². The molecule has 0 saturated heterocycles. The summed E-state index contributed by atoms with van der Waals surface area (Å²) in [5.41, 5.74) is 0.388. The van der Waals surface area contributed by atoms with Gasteiger partial charge in [-0.25, -0.2) is 4.68 Å². The summed E-state index contributed by atoms with van der Waals surface area (Å²) in [5.74, 6) is -0.399. The van der Waals surface area contributed by atoms with E-state index in [0.29, 0.717) is 17.1 Å². The molecular formula is C21H19F3N4O3. The predicted molar refractivity (Wildman–Crippen MR) is 107 cm³/mol. The van der Waals surface area contributed by atoms with Crippen molar-refractivity contribution in [1.29, 1.82) is 0 Å². The number of benzene rings is 2. The maximum absolute atomic E-state index is 13.0. The number of ether oxygens (including phenoxy) is 1. The van der Waals surface area contributed by atoms with Gasteiger partial charge in [-0.15, -0.1) is 0 Å². The van der Waals surface area contributed by atoms with Gasteiger partial charge in [0.2, 0.25) is 0 Å². The fourth-order valence-corrected chi connectivity index (χ4v) is 2.79. The number of hydrogen-bond acceptors (Lipinski definition) is 4. The minimum atomic E-state index is -4.48. The molecule has 3 rings (SSSR count). The van der Waals surface area contributed by atoms with Crippen LogP contribution in [0.4, 0.5) is 18.9 Å². The first kappa shape index (κ1) is 21.9. The zero-order valence-corrected chi connectivity index (χ0v) is 16.7. The second-order valence-corrected chi connectivity index (χ2v) is 6.55. The summed E-state index contributed by atoms with van der Waals surface area (Å²) in [7, 11) is 1.49. The maximum atomic E-state index is 13.0. The Morgan fingerprint density at radius 2 is 1.87 bits per heavy atom. The largest absolute Gasteiger partial charge is 0.484 e. The van der Waals surface area contributed by atoms with E-state index in [1.165, 1.54) is 30.1 Å². The normalized spacial score (nSPS) is 11.1. The van der Waals surface area contributed by atoms with Gasteiger partial charge in [0.1, 0.15) is 5.75 Å². The Morgan fingerprint density at radius 1 is 1.13 bits per heavy atom. The summed E-state index contributed by atoms with van der Waals surface area (Å²) in [6.45, 7) is 1.42. The van der Waals surface area contributed by atoms with Gasteiger partial charge in [-0.2, -0.15) is 18.3 Å². The van der Waals surface area contributed by atoms with Crippen LogP contribution in [-0.4, -0.2) is 35.2 Å². The summed E-state index contributed by atoms with van der Waals surface area (Å²) < 4.78 is 45.6. The van der Waals surface area contributed by atoms with Crippen molar-refractivity contribution in [2.45, 2.75) is 13.1 Å². The van der Waals surface area contributed by atoms with Crippen LogP contribution in [0.1, 0.15) is 21.6 Å². The van der Waals surface area contributed by atoms with Gasteiger partial charge in [-0.3, -0.25) is 9.59 Å². The van der Waals surface area contributed by atoms with Crippen molar-refractivity contribution in [3.63, 3.8) is 0 Å². The zero-order valence-electron chi connectivity index (χ0n) is 16.7. The lowest BCUT2D eigenvalue weighted by atomic mass is 10.2. The molecule has 0 fully saturated rings. The number of rotatable bonds is 6. The van der Waals surface area contributed by atoms with Crippen molar-refractivity contribution in [1.82, 2.24) is 15.1 Å². The number of halogens is 3. The molecule has 0 spiro atoms. The lowest BCUT2D eigenvalue weighted by Gasteiger charge is -2.11. The lowest BCUT2D eigenvalue weighted by molar-refractivity contribution is -0.137. The minimum Gasteiger partial charge on any atom is -0.484 e. The highest BCUT2D eigenvalue weighted by Crippen LogP contribution is 2.30. The summed E-state index contributed by atoms with van der Waals surface area (Å²) in [5, 5.41) is 9.19. The Balaban J connectivity index is 1.77. The van der Waals surface area contributed by atoms with Gasteiger partial charge >= 0.3 is 6.18 Å². The van der Waals surface area contributed by atoms with Gasteiger partial charge < -0.3 is 15.4 Å². The fourth-order valence-electron chi connectivity index (χ4n) is 2.79. The van der Waals surface area contributed by atoms with Gasteiger partial charge in [0, 0.05) is 18.8 Å². The molecular weight excluding hydrogens is 413 g/mol. The maximum Gasteiger partial charge on any atom is 0.416 e. The molecule has 2 amide bonds. The van der Waals surface area contributed by atoms with E-state index < -0.39 is 17.6 Å². The lowest BCUT2D eigenvalue weighted by Crippen LogP contribution is -2.24. The molecule has 0 aliphatic rings. The number of alkyl halides is 3. The molecule has 162 valence electrons. The number of likely N-dealkylation sites (N-methyl/N-ethyl adjacent to an activating group) is 1. The minimum absolute atomic E-state index is 0.170. The van der Waals surface area contributed by atoms with Crippen LogP contribution in [0, 0.1) is 6.92 Å². The predicted octanol–water partition coefficient (Wildman–Crippen LogP) is 3.58. The van der Waals surface area contributed by atoms with E-state index in [-0.39, 0.29) is 23.8 Å². The van der Waals surface area contributed by atoms with Gasteiger partial charge in [0.25, 0.3) is 11.8 Å². The van der Waals surface area contributed by atoms with Crippen LogP contribution in [0.2, 0.25) is 0 Å². The van der Waals surface area contributed by atoms with Crippen LogP contribution in [0.15, 0.2) is 54.7 Å². The highest BCUT2D eigenvalue weighted by molar-refractivity contribution is 6.05. The quantitative estimate of drug-likeness (QED) is 0.624. The number of amides is 2. The Kier molecular flexibility index (Phi) is 6.28. The molecule has 31 heavy (non-hydrogen) atoms. The molecule has 3 aromatic rings. The second kappa shape index (κ2) is 8.90. The third-order valence-corrected chi connectivity index (χ3v) is 4.41. The van der Waals surface area contributed by atoms with Crippen LogP contribution < -0.4 is 15.4 Å². The molecule has 2 aromatic carbocycles. The number of nitrogens with zero attached hydrogens (tertiary/aromatic N) is 2. The second-order valence-electron chi connectivity index (χ2n) is 6.55. The van der Waals surface area contributed by atoms with E-state index in [1.807, 2.05) is 0 Å². The first-order valence-electron chi connectivity index (χ1n) is 9.16. The first-order chi connectivity index (χ1) is 14.7. The van der Waals surface area contributed by atoms with Gasteiger partial charge in [0.15, 0.2) is 6.61 Å². The molecule has 1 aromatic heterocycles. The number of carbonyl (C=O) groups excluding carboxylic acids is 2. The molecule has 0 aliphatic heterocycles. The SMILES string of the molecule is CNC(=O)COc1cccc(NC(=O)c2cnn(-c3cccc(C(F)(F)F)c3)c2C)c1. The van der Waals surface area contributed by atoms with Crippen LogP contribution in [0.25, 0.3) is 5.69 Å². The van der Waals surface area contributed by atoms with Gasteiger partial charge in [-0.1, -0.05) is 12.1 Å². The zero-order chi connectivity index (χ0) is 22.6. The monoisotopic (exact) mass is 432 g/mol. The van der Waals surface area contributed by atoms with Gasteiger partial charge in [0.05, 0.1) is 28.7 Å². The molecule has 7 nitrogen and oxygen atoms in total. The molecule has 0 saturated carbocycles. The number of aromatic nitrogens is 2. The highest BCUT2D eigenvalue weighted by atomic mass is 19.4. The Hall–Kier alpha value is -3.82. The summed E-state index contributed by atoms with van der Waals surface area (Å²) in [6, 6.07) is 11.2. The summed E-state index contributed by atoms with van der Waals surface area (Å²) in [6.07, 6.45) is -3.20. The molecule has 0 atom stereocenters. The smallest absolute Gasteiger partial charge is 0.416 e. The van der Waals surface area contributed by atoms with E-state index in [2.05, 4.69) is 15.7 Å². The molecule has 0 radical (unpaired) electrons. The number of nitrogens with one attached hydrogen (secondary N) is 2. The molecule has 0 aliphatic carbocycles.